The summed E-state index contributed by atoms with van der Waals surface area (Å²) < 4.78 is 5.51. The van der Waals surface area contributed by atoms with Gasteiger partial charge in [-0.05, 0) is 31.2 Å². The van der Waals surface area contributed by atoms with Crippen LogP contribution in [0, 0.1) is 0 Å². The third kappa shape index (κ3) is 4.49. The Labute approximate surface area is 109 Å². The van der Waals surface area contributed by atoms with Crippen molar-refractivity contribution in [2.75, 3.05) is 13.2 Å². The first-order valence-corrected chi connectivity index (χ1v) is 6.77. The molecule has 1 aromatic carbocycles. The van der Waals surface area contributed by atoms with Crippen LogP contribution in [0.4, 0.5) is 0 Å². The predicted octanol–water partition coefficient (Wildman–Crippen LogP) is 2.30. The summed E-state index contributed by atoms with van der Waals surface area (Å²) in [5.74, 6) is 0.136. The van der Waals surface area contributed by atoms with Crippen molar-refractivity contribution in [2.24, 2.45) is 0 Å². The molecule has 3 heteroatoms. The van der Waals surface area contributed by atoms with Gasteiger partial charge in [-0.15, -0.1) is 0 Å². The van der Waals surface area contributed by atoms with Gasteiger partial charge in [0, 0.05) is 19.6 Å². The number of carbonyl (C=O) groups is 1. The normalized spacial score (nSPS) is 18.8. The molecule has 1 N–H and O–H groups in total. The standard InChI is InChI=1S/C15H21NO2/c17-15(9-8-13-5-2-1-3-6-13)16-11-10-14-7-4-12-18-14/h1-3,5-6,14H,4,7-12H2,(H,16,17). The lowest BCUT2D eigenvalue weighted by Crippen LogP contribution is -2.27. The second kappa shape index (κ2) is 7.17. The first-order valence-electron chi connectivity index (χ1n) is 6.77. The number of amides is 1. The molecule has 0 saturated carbocycles. The van der Waals surface area contributed by atoms with E-state index in [1.165, 1.54) is 5.56 Å². The van der Waals surface area contributed by atoms with Gasteiger partial charge in [-0.25, -0.2) is 0 Å². The maximum Gasteiger partial charge on any atom is 0.220 e. The van der Waals surface area contributed by atoms with Crippen LogP contribution >= 0.6 is 0 Å². The van der Waals surface area contributed by atoms with Crippen LogP contribution in [-0.4, -0.2) is 25.2 Å². The van der Waals surface area contributed by atoms with Crippen LogP contribution in [0.3, 0.4) is 0 Å². The minimum absolute atomic E-state index is 0.136. The van der Waals surface area contributed by atoms with Gasteiger partial charge in [0.15, 0.2) is 0 Å². The summed E-state index contributed by atoms with van der Waals surface area (Å²) >= 11 is 0. The lowest BCUT2D eigenvalue weighted by atomic mass is 10.1. The van der Waals surface area contributed by atoms with E-state index in [0.29, 0.717) is 12.5 Å². The van der Waals surface area contributed by atoms with Gasteiger partial charge in [0.05, 0.1) is 6.10 Å². The van der Waals surface area contributed by atoms with E-state index in [1.54, 1.807) is 0 Å². The van der Waals surface area contributed by atoms with Crippen molar-refractivity contribution >= 4 is 5.91 Å². The van der Waals surface area contributed by atoms with Crippen LogP contribution in [0.2, 0.25) is 0 Å². The summed E-state index contributed by atoms with van der Waals surface area (Å²) in [6, 6.07) is 10.1. The van der Waals surface area contributed by atoms with Gasteiger partial charge >= 0.3 is 0 Å². The number of nitrogens with one attached hydrogen (secondary N) is 1. The van der Waals surface area contributed by atoms with E-state index in [4.69, 9.17) is 4.74 Å². The molecular weight excluding hydrogens is 226 g/mol. The molecule has 1 amide bonds. The Morgan fingerprint density at radius 1 is 1.33 bits per heavy atom. The van der Waals surface area contributed by atoms with Gasteiger partial charge in [0.25, 0.3) is 0 Å². The summed E-state index contributed by atoms with van der Waals surface area (Å²) in [5, 5.41) is 2.96. The lowest BCUT2D eigenvalue weighted by molar-refractivity contribution is -0.121. The lowest BCUT2D eigenvalue weighted by Gasteiger charge is -2.10. The van der Waals surface area contributed by atoms with Crippen molar-refractivity contribution < 1.29 is 9.53 Å². The van der Waals surface area contributed by atoms with Crippen LogP contribution in [0.25, 0.3) is 0 Å². The molecule has 1 aromatic rings. The molecule has 1 fully saturated rings. The number of benzene rings is 1. The van der Waals surface area contributed by atoms with E-state index in [2.05, 4.69) is 17.4 Å². The monoisotopic (exact) mass is 247 g/mol. The van der Waals surface area contributed by atoms with E-state index in [1.807, 2.05) is 18.2 Å². The third-order valence-electron chi connectivity index (χ3n) is 3.30. The van der Waals surface area contributed by atoms with E-state index in [-0.39, 0.29) is 5.91 Å². The van der Waals surface area contributed by atoms with Gasteiger partial charge in [0.2, 0.25) is 5.91 Å². The Bertz CT molecular complexity index is 358. The van der Waals surface area contributed by atoms with Crippen LogP contribution in [0.5, 0.6) is 0 Å². The number of carbonyl (C=O) groups excluding carboxylic acids is 1. The molecule has 1 atom stereocenters. The Balaban J connectivity index is 1.57. The Hall–Kier alpha value is -1.35. The number of hydrogen-bond donors (Lipinski definition) is 1. The summed E-state index contributed by atoms with van der Waals surface area (Å²) in [6.07, 6.45) is 4.98. The average molecular weight is 247 g/mol. The number of aryl methyl sites for hydroxylation is 1. The summed E-state index contributed by atoms with van der Waals surface area (Å²) in [6.45, 7) is 1.62. The van der Waals surface area contributed by atoms with Crippen molar-refractivity contribution in [1.29, 1.82) is 0 Å². The van der Waals surface area contributed by atoms with Crippen LogP contribution in [0.15, 0.2) is 30.3 Å². The van der Waals surface area contributed by atoms with E-state index >= 15 is 0 Å². The Kier molecular flexibility index (Phi) is 5.21. The highest BCUT2D eigenvalue weighted by Crippen LogP contribution is 2.14. The van der Waals surface area contributed by atoms with Crippen LogP contribution in [0.1, 0.15) is 31.2 Å². The molecule has 1 heterocycles. The van der Waals surface area contributed by atoms with Gasteiger partial charge in [-0.2, -0.15) is 0 Å². The van der Waals surface area contributed by atoms with Crippen LogP contribution < -0.4 is 5.32 Å². The highest BCUT2D eigenvalue weighted by molar-refractivity contribution is 5.76. The largest absolute Gasteiger partial charge is 0.378 e. The second-order valence-electron chi connectivity index (χ2n) is 4.76. The quantitative estimate of drug-likeness (QED) is 0.837. The van der Waals surface area contributed by atoms with Crippen LogP contribution in [-0.2, 0) is 16.0 Å². The van der Waals surface area contributed by atoms with Gasteiger partial charge < -0.3 is 10.1 Å². The fourth-order valence-electron chi connectivity index (χ4n) is 2.24. The summed E-state index contributed by atoms with van der Waals surface area (Å²) in [5.41, 5.74) is 1.21. The summed E-state index contributed by atoms with van der Waals surface area (Å²) in [7, 11) is 0. The van der Waals surface area contributed by atoms with Crippen molar-refractivity contribution in [1.82, 2.24) is 5.32 Å². The zero-order valence-corrected chi connectivity index (χ0v) is 10.7. The van der Waals surface area contributed by atoms with Gasteiger partial charge in [0.1, 0.15) is 0 Å². The van der Waals surface area contributed by atoms with Crippen molar-refractivity contribution in [3.63, 3.8) is 0 Å². The maximum absolute atomic E-state index is 11.6. The number of ether oxygens (including phenoxy) is 1. The highest BCUT2D eigenvalue weighted by atomic mass is 16.5. The van der Waals surface area contributed by atoms with Gasteiger partial charge in [-0.1, -0.05) is 30.3 Å². The molecule has 1 saturated heterocycles. The molecule has 1 unspecified atom stereocenters. The zero-order valence-electron chi connectivity index (χ0n) is 10.7. The predicted molar refractivity (Wildman–Crippen MR) is 71.4 cm³/mol. The van der Waals surface area contributed by atoms with Crippen molar-refractivity contribution in [2.45, 2.75) is 38.2 Å². The van der Waals surface area contributed by atoms with Crippen molar-refractivity contribution in [3.8, 4) is 0 Å². The third-order valence-corrected chi connectivity index (χ3v) is 3.30. The molecule has 0 aliphatic carbocycles. The molecule has 1 aliphatic rings. The van der Waals surface area contributed by atoms with Gasteiger partial charge in [-0.3, -0.25) is 4.79 Å². The topological polar surface area (TPSA) is 38.3 Å². The van der Waals surface area contributed by atoms with Crippen molar-refractivity contribution in [3.05, 3.63) is 35.9 Å². The Morgan fingerprint density at radius 3 is 2.89 bits per heavy atom. The molecule has 0 bridgehead atoms. The average Bonchev–Trinajstić information content (AvgIpc) is 2.91. The Morgan fingerprint density at radius 2 is 2.17 bits per heavy atom. The fraction of sp³-hybridized carbons (Fsp3) is 0.533. The maximum atomic E-state index is 11.6. The molecular formula is C15H21NO2. The molecule has 1 aliphatic heterocycles. The zero-order chi connectivity index (χ0) is 12.6. The second-order valence-corrected chi connectivity index (χ2v) is 4.76. The van der Waals surface area contributed by atoms with E-state index < -0.39 is 0 Å². The fourth-order valence-corrected chi connectivity index (χ4v) is 2.24. The molecule has 18 heavy (non-hydrogen) atoms. The van der Waals surface area contributed by atoms with E-state index in [0.717, 1.165) is 38.8 Å². The molecule has 2 rings (SSSR count). The molecule has 0 spiro atoms. The SMILES string of the molecule is O=C(CCc1ccccc1)NCCC1CCCO1. The molecule has 0 radical (unpaired) electrons. The molecule has 98 valence electrons. The highest BCUT2D eigenvalue weighted by Gasteiger charge is 2.14. The number of hydrogen-bond acceptors (Lipinski definition) is 2. The molecule has 3 nitrogen and oxygen atoms in total. The minimum Gasteiger partial charge on any atom is -0.378 e. The number of rotatable bonds is 6. The first-order chi connectivity index (χ1) is 8.84. The molecule has 0 aromatic heterocycles. The summed E-state index contributed by atoms with van der Waals surface area (Å²) in [4.78, 5) is 11.6. The van der Waals surface area contributed by atoms with E-state index in [9.17, 15) is 4.79 Å². The first kappa shape index (κ1) is 13.1. The minimum atomic E-state index is 0.136. The smallest absolute Gasteiger partial charge is 0.220 e.